The minimum Gasteiger partial charge on any atom is -0.492 e. The SMILES string of the molecule is CCOc1c(Cl)cccc1CC(=O)CBr. The zero-order chi connectivity index (χ0) is 11.3. The number of halogens is 2. The molecular formula is C11H12BrClO2. The summed E-state index contributed by atoms with van der Waals surface area (Å²) in [4.78, 5) is 11.3. The minimum atomic E-state index is 0.109. The molecule has 2 nitrogen and oxygen atoms in total. The summed E-state index contributed by atoms with van der Waals surface area (Å²) in [5, 5.41) is 0.905. The summed E-state index contributed by atoms with van der Waals surface area (Å²) < 4.78 is 5.41. The van der Waals surface area contributed by atoms with Crippen LogP contribution in [0.2, 0.25) is 5.02 Å². The summed E-state index contributed by atoms with van der Waals surface area (Å²) in [6.07, 6.45) is 0.348. The van der Waals surface area contributed by atoms with Crippen molar-refractivity contribution >= 4 is 33.3 Å². The predicted octanol–water partition coefficient (Wildman–Crippen LogP) is 3.25. The van der Waals surface area contributed by atoms with Gasteiger partial charge < -0.3 is 4.74 Å². The molecule has 0 spiro atoms. The Bertz CT molecular complexity index is 352. The lowest BCUT2D eigenvalue weighted by molar-refractivity contribution is -0.115. The van der Waals surface area contributed by atoms with Crippen LogP contribution in [-0.2, 0) is 11.2 Å². The molecule has 0 aliphatic carbocycles. The number of hydrogen-bond acceptors (Lipinski definition) is 2. The van der Waals surface area contributed by atoms with Crippen molar-refractivity contribution in [1.29, 1.82) is 0 Å². The van der Waals surface area contributed by atoms with E-state index in [1.807, 2.05) is 19.1 Å². The minimum absolute atomic E-state index is 0.109. The fraction of sp³-hybridized carbons (Fsp3) is 0.364. The maximum absolute atomic E-state index is 11.3. The van der Waals surface area contributed by atoms with Crippen LogP contribution in [-0.4, -0.2) is 17.7 Å². The summed E-state index contributed by atoms with van der Waals surface area (Å²) >= 11 is 9.12. The first-order valence-electron chi connectivity index (χ1n) is 4.66. The zero-order valence-corrected chi connectivity index (χ0v) is 10.8. The van der Waals surface area contributed by atoms with Crippen LogP contribution in [0.1, 0.15) is 12.5 Å². The molecule has 1 aromatic carbocycles. The number of ketones is 1. The molecule has 0 aliphatic rings. The topological polar surface area (TPSA) is 26.3 Å². The molecule has 82 valence electrons. The Morgan fingerprint density at radius 1 is 1.53 bits per heavy atom. The third-order valence-corrected chi connectivity index (χ3v) is 2.80. The van der Waals surface area contributed by atoms with Gasteiger partial charge in [0, 0.05) is 12.0 Å². The standard InChI is InChI=1S/C11H12BrClO2/c1-2-15-11-8(6-9(14)7-12)4-3-5-10(11)13/h3-5H,2,6-7H2,1H3. The second-order valence-electron chi connectivity index (χ2n) is 3.01. The van der Waals surface area contributed by atoms with Crippen molar-refractivity contribution in [3.63, 3.8) is 0 Å². The molecule has 0 radical (unpaired) electrons. The van der Waals surface area contributed by atoms with Crippen LogP contribution < -0.4 is 4.74 Å². The Morgan fingerprint density at radius 3 is 2.87 bits per heavy atom. The van der Waals surface area contributed by atoms with Crippen LogP contribution in [0.5, 0.6) is 5.75 Å². The number of ether oxygens (including phenoxy) is 1. The third kappa shape index (κ3) is 3.50. The second-order valence-corrected chi connectivity index (χ2v) is 3.98. The molecule has 0 amide bonds. The largest absolute Gasteiger partial charge is 0.492 e. The van der Waals surface area contributed by atoms with E-state index in [0.29, 0.717) is 29.1 Å². The molecule has 0 aromatic heterocycles. The van der Waals surface area contributed by atoms with Crippen LogP contribution in [0.15, 0.2) is 18.2 Å². The van der Waals surface area contributed by atoms with Crippen molar-refractivity contribution in [2.75, 3.05) is 11.9 Å². The molecule has 1 rings (SSSR count). The average Bonchev–Trinajstić information content (AvgIpc) is 2.23. The first kappa shape index (κ1) is 12.5. The highest BCUT2D eigenvalue weighted by atomic mass is 79.9. The van der Waals surface area contributed by atoms with Gasteiger partial charge in [-0.15, -0.1) is 0 Å². The summed E-state index contributed by atoms with van der Waals surface area (Å²) in [5.74, 6) is 0.731. The highest BCUT2D eigenvalue weighted by Gasteiger charge is 2.10. The van der Waals surface area contributed by atoms with Gasteiger partial charge in [0.05, 0.1) is 17.0 Å². The van der Waals surface area contributed by atoms with E-state index in [1.165, 1.54) is 0 Å². The Labute approximate surface area is 103 Å². The van der Waals surface area contributed by atoms with Gasteiger partial charge in [0.25, 0.3) is 0 Å². The summed E-state index contributed by atoms with van der Waals surface area (Å²) in [5.41, 5.74) is 0.841. The number of carbonyl (C=O) groups excluding carboxylic acids is 1. The maximum Gasteiger partial charge on any atom is 0.147 e. The lowest BCUT2D eigenvalue weighted by Gasteiger charge is -2.10. The van der Waals surface area contributed by atoms with Gasteiger partial charge in [0.15, 0.2) is 0 Å². The average molecular weight is 292 g/mol. The van der Waals surface area contributed by atoms with Crippen molar-refractivity contribution in [3.05, 3.63) is 28.8 Å². The van der Waals surface area contributed by atoms with Gasteiger partial charge in [0.1, 0.15) is 11.5 Å². The molecular weight excluding hydrogens is 279 g/mol. The van der Waals surface area contributed by atoms with E-state index in [2.05, 4.69) is 15.9 Å². The Balaban J connectivity index is 2.94. The number of rotatable bonds is 5. The smallest absolute Gasteiger partial charge is 0.147 e. The number of Topliss-reactive ketones (excluding diaryl/α,β-unsaturated/α-hetero) is 1. The number of benzene rings is 1. The van der Waals surface area contributed by atoms with Crippen LogP contribution in [0.3, 0.4) is 0 Å². The van der Waals surface area contributed by atoms with E-state index in [4.69, 9.17) is 16.3 Å². The maximum atomic E-state index is 11.3. The highest BCUT2D eigenvalue weighted by Crippen LogP contribution is 2.29. The van der Waals surface area contributed by atoms with E-state index < -0.39 is 0 Å². The first-order chi connectivity index (χ1) is 7.19. The first-order valence-corrected chi connectivity index (χ1v) is 6.16. The van der Waals surface area contributed by atoms with Gasteiger partial charge in [-0.3, -0.25) is 4.79 Å². The number of alkyl halides is 1. The molecule has 0 fully saturated rings. The third-order valence-electron chi connectivity index (χ3n) is 1.87. The van der Waals surface area contributed by atoms with Crippen molar-refractivity contribution in [2.24, 2.45) is 0 Å². The molecule has 0 aliphatic heterocycles. The summed E-state index contributed by atoms with van der Waals surface area (Å²) in [6, 6.07) is 5.44. The quantitative estimate of drug-likeness (QED) is 0.779. The molecule has 0 N–H and O–H groups in total. The number of carbonyl (C=O) groups is 1. The predicted molar refractivity (Wildman–Crippen MR) is 65.1 cm³/mol. The molecule has 0 unspecified atom stereocenters. The van der Waals surface area contributed by atoms with Crippen molar-refractivity contribution < 1.29 is 9.53 Å². The Morgan fingerprint density at radius 2 is 2.27 bits per heavy atom. The molecule has 4 heteroatoms. The Kier molecular flexibility index (Phi) is 5.12. The number of para-hydroxylation sites is 1. The van der Waals surface area contributed by atoms with E-state index in [-0.39, 0.29) is 5.78 Å². The van der Waals surface area contributed by atoms with E-state index in [9.17, 15) is 4.79 Å². The molecule has 15 heavy (non-hydrogen) atoms. The van der Waals surface area contributed by atoms with Crippen molar-refractivity contribution in [3.8, 4) is 5.75 Å². The molecule has 0 saturated carbocycles. The summed E-state index contributed by atoms with van der Waals surface area (Å²) in [6.45, 7) is 2.43. The van der Waals surface area contributed by atoms with Gasteiger partial charge in [-0.25, -0.2) is 0 Å². The molecule has 1 aromatic rings. The van der Waals surface area contributed by atoms with Crippen LogP contribution >= 0.6 is 27.5 Å². The van der Waals surface area contributed by atoms with Crippen molar-refractivity contribution in [1.82, 2.24) is 0 Å². The normalized spacial score (nSPS) is 10.1. The molecule has 0 saturated heterocycles. The monoisotopic (exact) mass is 290 g/mol. The van der Waals surface area contributed by atoms with Gasteiger partial charge >= 0.3 is 0 Å². The van der Waals surface area contributed by atoms with Gasteiger partial charge in [-0.2, -0.15) is 0 Å². The van der Waals surface area contributed by atoms with Crippen LogP contribution in [0.25, 0.3) is 0 Å². The zero-order valence-electron chi connectivity index (χ0n) is 8.43. The number of hydrogen-bond donors (Lipinski definition) is 0. The van der Waals surface area contributed by atoms with Gasteiger partial charge in [0.2, 0.25) is 0 Å². The molecule has 0 bridgehead atoms. The highest BCUT2D eigenvalue weighted by molar-refractivity contribution is 9.09. The summed E-state index contributed by atoms with van der Waals surface area (Å²) in [7, 11) is 0. The Hall–Kier alpha value is -0.540. The molecule has 0 heterocycles. The lowest BCUT2D eigenvalue weighted by Crippen LogP contribution is -2.06. The van der Waals surface area contributed by atoms with E-state index in [1.54, 1.807) is 6.07 Å². The van der Waals surface area contributed by atoms with Gasteiger partial charge in [-0.05, 0) is 13.0 Å². The van der Waals surface area contributed by atoms with E-state index >= 15 is 0 Å². The van der Waals surface area contributed by atoms with E-state index in [0.717, 1.165) is 5.56 Å². The van der Waals surface area contributed by atoms with Gasteiger partial charge in [-0.1, -0.05) is 39.7 Å². The fourth-order valence-electron chi connectivity index (χ4n) is 1.26. The van der Waals surface area contributed by atoms with Crippen LogP contribution in [0, 0.1) is 0 Å². The second kappa shape index (κ2) is 6.13. The fourth-order valence-corrected chi connectivity index (χ4v) is 1.71. The van der Waals surface area contributed by atoms with Crippen molar-refractivity contribution in [2.45, 2.75) is 13.3 Å². The lowest BCUT2D eigenvalue weighted by atomic mass is 10.1. The molecule has 0 atom stereocenters. The van der Waals surface area contributed by atoms with Crippen LogP contribution in [0.4, 0.5) is 0 Å².